The molecule has 0 radical (unpaired) electrons. The molecule has 1 fully saturated rings. The van der Waals surface area contributed by atoms with E-state index in [1.54, 1.807) is 34.5 Å². The minimum absolute atomic E-state index is 0.0543. The summed E-state index contributed by atoms with van der Waals surface area (Å²) in [5.74, 6) is -0.227. The highest BCUT2D eigenvalue weighted by Gasteiger charge is 2.48. The van der Waals surface area contributed by atoms with E-state index in [2.05, 4.69) is 4.90 Å². The van der Waals surface area contributed by atoms with Crippen molar-refractivity contribution in [2.45, 2.75) is 25.2 Å². The first-order valence-corrected chi connectivity index (χ1v) is 14.8. The van der Waals surface area contributed by atoms with Gasteiger partial charge in [0.1, 0.15) is 5.75 Å². The predicted octanol–water partition coefficient (Wildman–Crippen LogP) is 4.79. The molecule has 1 N–H and O–H groups in total. The lowest BCUT2D eigenvalue weighted by Crippen LogP contribution is -2.49. The summed E-state index contributed by atoms with van der Waals surface area (Å²) in [5, 5.41) is 10.7. The van der Waals surface area contributed by atoms with Crippen LogP contribution < -0.4 is 28.6 Å². The van der Waals surface area contributed by atoms with Crippen LogP contribution in [0.4, 0.5) is 5.69 Å². The van der Waals surface area contributed by atoms with Crippen LogP contribution in [0.15, 0.2) is 54.6 Å². The lowest BCUT2D eigenvalue weighted by atomic mass is 9.81. The van der Waals surface area contributed by atoms with Gasteiger partial charge < -0.3 is 38.6 Å². The molecule has 1 amide bonds. The molecule has 234 valence electrons. The summed E-state index contributed by atoms with van der Waals surface area (Å²) in [4.78, 5) is 30.9. The number of methoxy groups -OCH3 is 4. The van der Waals surface area contributed by atoms with Gasteiger partial charge in [0.15, 0.2) is 23.0 Å². The van der Waals surface area contributed by atoms with Gasteiger partial charge in [-0.3, -0.25) is 9.59 Å². The number of aliphatic carboxylic acids is 1. The normalized spacial score (nSPS) is 19.2. The number of hydrogen-bond donors (Lipinski definition) is 1. The predicted molar refractivity (Wildman–Crippen MR) is 166 cm³/mol. The van der Waals surface area contributed by atoms with Crippen molar-refractivity contribution in [3.8, 4) is 28.7 Å². The number of para-hydroxylation sites is 2. The van der Waals surface area contributed by atoms with Gasteiger partial charge in [-0.05, 0) is 60.0 Å². The number of piperazine rings is 1. The maximum absolute atomic E-state index is 13.8. The molecule has 1 saturated heterocycles. The third-order valence-corrected chi connectivity index (χ3v) is 8.70. The Morgan fingerprint density at radius 3 is 2.00 bits per heavy atom. The van der Waals surface area contributed by atoms with Gasteiger partial charge in [-0.15, -0.1) is 0 Å². The Bertz CT molecular complexity index is 1500. The van der Waals surface area contributed by atoms with Crippen molar-refractivity contribution >= 4 is 17.6 Å². The van der Waals surface area contributed by atoms with Crippen molar-refractivity contribution in [1.82, 2.24) is 4.90 Å². The van der Waals surface area contributed by atoms with Crippen LogP contribution in [0.1, 0.15) is 41.9 Å². The van der Waals surface area contributed by atoms with E-state index in [1.165, 1.54) is 0 Å². The van der Waals surface area contributed by atoms with Gasteiger partial charge in [0.25, 0.3) is 0 Å². The number of carbonyl (C=O) groups excluding carboxylic acids is 1. The van der Waals surface area contributed by atoms with Crippen LogP contribution in [0.25, 0.3) is 0 Å². The second kappa shape index (κ2) is 13.4. The summed E-state index contributed by atoms with van der Waals surface area (Å²) in [5.41, 5.74) is 3.32. The quantitative estimate of drug-likeness (QED) is 0.331. The van der Waals surface area contributed by atoms with Crippen LogP contribution >= 0.6 is 0 Å². The van der Waals surface area contributed by atoms with Crippen LogP contribution in [0.3, 0.4) is 0 Å². The van der Waals surface area contributed by atoms with Crippen molar-refractivity contribution in [3.05, 3.63) is 71.3 Å². The van der Waals surface area contributed by atoms with E-state index in [1.807, 2.05) is 60.4 Å². The number of carbonyl (C=O) groups is 2. The fourth-order valence-corrected chi connectivity index (χ4v) is 6.61. The molecule has 1 aliphatic carbocycles. The summed E-state index contributed by atoms with van der Waals surface area (Å²) in [6.07, 6.45) is 0.0543. The molecule has 44 heavy (non-hydrogen) atoms. The topological polar surface area (TPSA) is 107 Å². The van der Waals surface area contributed by atoms with Crippen LogP contribution in [0.2, 0.25) is 0 Å². The van der Waals surface area contributed by atoms with Gasteiger partial charge in [-0.25, -0.2) is 0 Å². The highest BCUT2D eigenvalue weighted by Crippen LogP contribution is 2.54. The first-order valence-electron chi connectivity index (χ1n) is 14.8. The van der Waals surface area contributed by atoms with Crippen LogP contribution in [-0.2, 0) is 9.59 Å². The molecule has 10 nitrogen and oxygen atoms in total. The monoisotopic (exact) mass is 604 g/mol. The number of amides is 1. The molecule has 5 rings (SSSR count). The van der Waals surface area contributed by atoms with Gasteiger partial charge in [-0.2, -0.15) is 0 Å². The zero-order valence-electron chi connectivity index (χ0n) is 25.9. The van der Waals surface area contributed by atoms with E-state index in [0.29, 0.717) is 55.8 Å². The SMILES string of the molecule is CCOc1ccccc1N1CCN(C(=O)CC2c3cc(OC)c(OC)cc3C(c3ccc(OC)c(OC)c3)C2C(=O)O)CC1. The average Bonchev–Trinajstić information content (AvgIpc) is 3.37. The van der Waals surface area contributed by atoms with Crippen LogP contribution in [-0.4, -0.2) is 83.1 Å². The van der Waals surface area contributed by atoms with Crippen molar-refractivity contribution in [2.75, 3.05) is 66.1 Å². The molecule has 3 aromatic carbocycles. The molecule has 0 spiro atoms. The summed E-state index contributed by atoms with van der Waals surface area (Å²) in [6.45, 7) is 4.89. The number of ether oxygens (including phenoxy) is 5. The molecule has 0 bridgehead atoms. The van der Waals surface area contributed by atoms with Crippen molar-refractivity contribution < 1.29 is 38.4 Å². The third-order valence-electron chi connectivity index (χ3n) is 8.70. The number of carboxylic acid groups (broad SMARTS) is 1. The molecular formula is C34H40N2O8. The maximum Gasteiger partial charge on any atom is 0.308 e. The molecule has 1 heterocycles. The Morgan fingerprint density at radius 1 is 0.773 bits per heavy atom. The van der Waals surface area contributed by atoms with Crippen molar-refractivity contribution in [1.29, 1.82) is 0 Å². The van der Waals surface area contributed by atoms with E-state index in [4.69, 9.17) is 23.7 Å². The van der Waals surface area contributed by atoms with Crippen molar-refractivity contribution in [3.63, 3.8) is 0 Å². The number of carboxylic acids is 1. The second-order valence-electron chi connectivity index (χ2n) is 10.9. The molecule has 10 heteroatoms. The van der Waals surface area contributed by atoms with Crippen LogP contribution in [0, 0.1) is 5.92 Å². The Morgan fingerprint density at radius 2 is 1.39 bits per heavy atom. The maximum atomic E-state index is 13.8. The Kier molecular flexibility index (Phi) is 9.37. The first kappa shape index (κ1) is 30.8. The van der Waals surface area contributed by atoms with Gasteiger partial charge >= 0.3 is 5.97 Å². The van der Waals surface area contributed by atoms with E-state index in [9.17, 15) is 14.7 Å². The molecular weight excluding hydrogens is 564 g/mol. The number of fused-ring (bicyclic) bond motifs is 1. The zero-order chi connectivity index (χ0) is 31.4. The Labute approximate surface area is 258 Å². The Hall–Kier alpha value is -4.60. The van der Waals surface area contributed by atoms with E-state index in [0.717, 1.165) is 28.1 Å². The lowest BCUT2D eigenvalue weighted by molar-refractivity contribution is -0.143. The molecule has 0 saturated carbocycles. The smallest absolute Gasteiger partial charge is 0.308 e. The lowest BCUT2D eigenvalue weighted by Gasteiger charge is -2.37. The minimum Gasteiger partial charge on any atom is -0.493 e. The van der Waals surface area contributed by atoms with E-state index >= 15 is 0 Å². The molecule has 2 aliphatic rings. The number of anilines is 1. The van der Waals surface area contributed by atoms with Gasteiger partial charge in [0.2, 0.25) is 5.91 Å². The largest absolute Gasteiger partial charge is 0.493 e. The number of nitrogens with zero attached hydrogens (tertiary/aromatic N) is 2. The van der Waals surface area contributed by atoms with E-state index in [-0.39, 0.29) is 12.3 Å². The van der Waals surface area contributed by atoms with Gasteiger partial charge in [-0.1, -0.05) is 18.2 Å². The highest BCUT2D eigenvalue weighted by atomic mass is 16.5. The summed E-state index contributed by atoms with van der Waals surface area (Å²) in [7, 11) is 6.19. The molecule has 3 unspecified atom stereocenters. The number of rotatable bonds is 11. The standard InChI is InChI=1S/C34H40N2O8/c1-6-44-26-10-8-7-9-25(26)35-13-15-36(16-14-35)31(37)20-24-22-18-29(42-4)30(43-5)19-23(22)32(33(24)34(38)39)21-11-12-27(40-2)28(17-21)41-3/h7-12,17-19,24,32-33H,6,13-16,20H2,1-5H3,(H,38,39). The third kappa shape index (κ3) is 5.80. The van der Waals surface area contributed by atoms with Gasteiger partial charge in [0, 0.05) is 44.4 Å². The summed E-state index contributed by atoms with van der Waals surface area (Å²) in [6, 6.07) is 17.0. The minimum atomic E-state index is -0.978. The zero-order valence-corrected chi connectivity index (χ0v) is 25.9. The second-order valence-corrected chi connectivity index (χ2v) is 10.9. The highest BCUT2D eigenvalue weighted by molar-refractivity contribution is 5.82. The molecule has 1 aliphatic heterocycles. The fourth-order valence-electron chi connectivity index (χ4n) is 6.61. The summed E-state index contributed by atoms with van der Waals surface area (Å²) >= 11 is 0. The average molecular weight is 605 g/mol. The number of benzene rings is 3. The van der Waals surface area contributed by atoms with Gasteiger partial charge in [0.05, 0.1) is 46.7 Å². The molecule has 3 aromatic rings. The van der Waals surface area contributed by atoms with E-state index < -0.39 is 23.7 Å². The number of hydrogen-bond acceptors (Lipinski definition) is 8. The molecule has 3 atom stereocenters. The first-order chi connectivity index (χ1) is 21.3. The Balaban J connectivity index is 1.45. The fraction of sp³-hybridized carbons (Fsp3) is 0.412. The summed E-state index contributed by atoms with van der Waals surface area (Å²) < 4.78 is 28.0. The molecule has 0 aromatic heterocycles. The van der Waals surface area contributed by atoms with Crippen LogP contribution in [0.5, 0.6) is 28.7 Å². The van der Waals surface area contributed by atoms with Crippen molar-refractivity contribution in [2.24, 2.45) is 5.92 Å².